The zero-order chi connectivity index (χ0) is 15.1. The van der Waals surface area contributed by atoms with Gasteiger partial charge in [-0.05, 0) is 35.4 Å². The van der Waals surface area contributed by atoms with Gasteiger partial charge in [0.2, 0.25) is 0 Å². The number of tetrazole rings is 1. The van der Waals surface area contributed by atoms with E-state index in [-0.39, 0.29) is 0 Å². The zero-order valence-electron chi connectivity index (χ0n) is 12.7. The Morgan fingerprint density at radius 3 is 2.81 bits per heavy atom. The minimum atomic E-state index is 0.426. The smallest absolute Gasteiger partial charge is 0.154 e. The number of hydrogen-bond acceptors (Lipinski definition) is 5. The van der Waals surface area contributed by atoms with E-state index in [9.17, 15) is 0 Å². The van der Waals surface area contributed by atoms with Gasteiger partial charge in [-0.1, -0.05) is 19.9 Å². The lowest BCUT2D eigenvalue weighted by Gasteiger charge is -2.12. The van der Waals surface area contributed by atoms with Crippen LogP contribution in [-0.4, -0.2) is 26.8 Å². The summed E-state index contributed by atoms with van der Waals surface area (Å²) in [4.78, 5) is 0. The highest BCUT2D eigenvalue weighted by Gasteiger charge is 2.15. The van der Waals surface area contributed by atoms with Gasteiger partial charge in [0.15, 0.2) is 5.82 Å². The molecule has 0 fully saturated rings. The van der Waals surface area contributed by atoms with Crippen LogP contribution in [0.15, 0.2) is 24.3 Å². The maximum absolute atomic E-state index is 5.71. The molecule has 2 N–H and O–H groups in total. The van der Waals surface area contributed by atoms with E-state index in [0.29, 0.717) is 18.2 Å². The number of aromatic nitrogens is 4. The van der Waals surface area contributed by atoms with Crippen molar-refractivity contribution in [2.24, 2.45) is 0 Å². The van der Waals surface area contributed by atoms with Gasteiger partial charge < -0.3 is 10.5 Å². The highest BCUT2D eigenvalue weighted by Crippen LogP contribution is 2.20. The summed E-state index contributed by atoms with van der Waals surface area (Å²) in [7, 11) is 0. The molecule has 0 aliphatic heterocycles. The largest absolute Gasteiger partial charge is 0.493 e. The minimum absolute atomic E-state index is 0.426. The van der Waals surface area contributed by atoms with Crippen LogP contribution in [0.25, 0.3) is 0 Å². The van der Waals surface area contributed by atoms with Crippen molar-refractivity contribution >= 4 is 5.69 Å². The molecular weight excluding hydrogens is 266 g/mol. The van der Waals surface area contributed by atoms with Crippen molar-refractivity contribution in [3.05, 3.63) is 30.1 Å². The fraction of sp³-hybridized carbons (Fsp3) is 0.533. The first-order valence-electron chi connectivity index (χ1n) is 7.49. The fourth-order valence-electron chi connectivity index (χ4n) is 2.33. The average Bonchev–Trinajstić information content (AvgIpc) is 2.94. The summed E-state index contributed by atoms with van der Waals surface area (Å²) in [5, 5.41) is 12.0. The molecule has 6 heteroatoms. The number of ether oxygens (including phenoxy) is 1. The van der Waals surface area contributed by atoms with Crippen LogP contribution >= 0.6 is 0 Å². The van der Waals surface area contributed by atoms with Crippen LogP contribution < -0.4 is 10.5 Å². The third-order valence-electron chi connectivity index (χ3n) is 3.55. The monoisotopic (exact) mass is 289 g/mol. The van der Waals surface area contributed by atoms with Crippen LogP contribution in [0.4, 0.5) is 5.69 Å². The standard InChI is InChI=1S/C15H23N5O/c1-3-12(4-2)15-17-18-19-20(15)9-6-10-21-14-8-5-7-13(16)11-14/h5,7-8,11-12H,3-4,6,9-10,16H2,1-2H3. The van der Waals surface area contributed by atoms with Crippen LogP contribution in [0.2, 0.25) is 0 Å². The molecule has 1 aromatic carbocycles. The molecule has 1 aromatic heterocycles. The molecule has 21 heavy (non-hydrogen) atoms. The van der Waals surface area contributed by atoms with Gasteiger partial charge in [-0.25, -0.2) is 4.68 Å². The molecule has 0 unspecified atom stereocenters. The highest BCUT2D eigenvalue weighted by atomic mass is 16.5. The minimum Gasteiger partial charge on any atom is -0.493 e. The second-order valence-electron chi connectivity index (χ2n) is 5.05. The maximum atomic E-state index is 5.71. The van der Waals surface area contributed by atoms with Crippen LogP contribution in [0.3, 0.4) is 0 Å². The van der Waals surface area contributed by atoms with Gasteiger partial charge in [-0.15, -0.1) is 5.10 Å². The predicted octanol–water partition coefficient (Wildman–Crippen LogP) is 2.63. The molecule has 0 saturated heterocycles. The SMILES string of the molecule is CCC(CC)c1nnnn1CCCOc1cccc(N)c1. The molecule has 2 aromatic rings. The third kappa shape index (κ3) is 4.18. The second-order valence-corrected chi connectivity index (χ2v) is 5.05. The van der Waals surface area contributed by atoms with Crippen molar-refractivity contribution in [2.45, 2.75) is 45.6 Å². The lowest BCUT2D eigenvalue weighted by molar-refractivity contribution is 0.296. The Morgan fingerprint density at radius 2 is 2.10 bits per heavy atom. The maximum Gasteiger partial charge on any atom is 0.154 e. The molecule has 0 saturated carbocycles. The van der Waals surface area contributed by atoms with Crippen molar-refractivity contribution in [1.82, 2.24) is 20.2 Å². The quantitative estimate of drug-likeness (QED) is 0.597. The van der Waals surface area contributed by atoms with Crippen molar-refractivity contribution in [3.63, 3.8) is 0 Å². The Labute approximate surface area is 125 Å². The second kappa shape index (κ2) is 7.61. The van der Waals surface area contributed by atoms with Gasteiger partial charge in [0, 0.05) is 30.6 Å². The number of nitrogens with zero attached hydrogens (tertiary/aromatic N) is 4. The molecule has 6 nitrogen and oxygen atoms in total. The van der Waals surface area contributed by atoms with Gasteiger partial charge in [0.25, 0.3) is 0 Å². The molecule has 1 heterocycles. The first kappa shape index (κ1) is 15.3. The van der Waals surface area contributed by atoms with E-state index in [0.717, 1.165) is 37.4 Å². The number of nitrogens with two attached hydrogens (primary N) is 1. The number of anilines is 1. The normalized spacial score (nSPS) is 11.0. The third-order valence-corrected chi connectivity index (χ3v) is 3.55. The van der Waals surface area contributed by atoms with Gasteiger partial charge in [0.05, 0.1) is 6.61 Å². The Bertz CT molecular complexity index is 551. The Kier molecular flexibility index (Phi) is 5.54. The van der Waals surface area contributed by atoms with E-state index in [1.54, 1.807) is 0 Å². The number of rotatable bonds is 8. The molecular formula is C15H23N5O. The molecule has 0 atom stereocenters. The topological polar surface area (TPSA) is 78.8 Å². The van der Waals surface area contributed by atoms with E-state index in [1.165, 1.54) is 0 Å². The lowest BCUT2D eigenvalue weighted by atomic mass is 10.0. The molecule has 0 bridgehead atoms. The molecule has 0 amide bonds. The molecule has 0 aliphatic rings. The summed E-state index contributed by atoms with van der Waals surface area (Å²) in [5.74, 6) is 2.20. The lowest BCUT2D eigenvalue weighted by Crippen LogP contribution is -2.12. The number of aryl methyl sites for hydroxylation is 1. The zero-order valence-corrected chi connectivity index (χ0v) is 12.7. The highest BCUT2D eigenvalue weighted by molar-refractivity contribution is 5.43. The summed E-state index contributed by atoms with van der Waals surface area (Å²) < 4.78 is 7.57. The predicted molar refractivity (Wildman–Crippen MR) is 82.1 cm³/mol. The average molecular weight is 289 g/mol. The summed E-state index contributed by atoms with van der Waals surface area (Å²) in [5.41, 5.74) is 6.43. The molecule has 2 rings (SSSR count). The summed E-state index contributed by atoms with van der Waals surface area (Å²) >= 11 is 0. The number of benzene rings is 1. The Morgan fingerprint density at radius 1 is 1.29 bits per heavy atom. The van der Waals surface area contributed by atoms with Gasteiger partial charge in [-0.3, -0.25) is 0 Å². The number of nitrogen functional groups attached to an aromatic ring is 1. The van der Waals surface area contributed by atoms with Gasteiger partial charge in [-0.2, -0.15) is 0 Å². The summed E-state index contributed by atoms with van der Waals surface area (Å²) in [6.07, 6.45) is 2.96. The first-order valence-corrected chi connectivity index (χ1v) is 7.49. The molecule has 0 radical (unpaired) electrons. The van der Waals surface area contributed by atoms with Crippen LogP contribution in [0.5, 0.6) is 5.75 Å². The molecule has 0 aliphatic carbocycles. The first-order chi connectivity index (χ1) is 10.2. The number of hydrogen-bond donors (Lipinski definition) is 1. The molecule has 0 spiro atoms. The van der Waals surface area contributed by atoms with Crippen molar-refractivity contribution < 1.29 is 4.74 Å². The van der Waals surface area contributed by atoms with Crippen molar-refractivity contribution in [3.8, 4) is 5.75 Å². The van der Waals surface area contributed by atoms with Crippen LogP contribution in [0, 0.1) is 0 Å². The summed E-state index contributed by atoms with van der Waals surface area (Å²) in [6, 6.07) is 7.46. The van der Waals surface area contributed by atoms with Crippen molar-refractivity contribution in [2.75, 3.05) is 12.3 Å². The Hall–Kier alpha value is -2.11. The summed E-state index contributed by atoms with van der Waals surface area (Å²) in [6.45, 7) is 5.71. The van der Waals surface area contributed by atoms with Gasteiger partial charge in [0.1, 0.15) is 5.75 Å². The van der Waals surface area contributed by atoms with E-state index >= 15 is 0 Å². The van der Waals surface area contributed by atoms with Crippen molar-refractivity contribution in [1.29, 1.82) is 0 Å². The van der Waals surface area contributed by atoms with E-state index in [2.05, 4.69) is 29.4 Å². The van der Waals surface area contributed by atoms with E-state index in [1.807, 2.05) is 28.9 Å². The van der Waals surface area contributed by atoms with E-state index in [4.69, 9.17) is 10.5 Å². The fourth-order valence-corrected chi connectivity index (χ4v) is 2.33. The van der Waals surface area contributed by atoms with Crippen LogP contribution in [-0.2, 0) is 6.54 Å². The van der Waals surface area contributed by atoms with Gasteiger partial charge >= 0.3 is 0 Å². The van der Waals surface area contributed by atoms with Crippen LogP contribution in [0.1, 0.15) is 44.9 Å². The van der Waals surface area contributed by atoms with E-state index < -0.39 is 0 Å². The Balaban J connectivity index is 1.83. The molecule has 114 valence electrons.